The number of aromatic nitrogens is 2. The standard InChI is InChI=1S/C27H26N4O2/c1-3-16-28-26(32)20-11-9-12-21(17-20)29-27(33)24-18-31(22-13-5-4-6-14-22)30-25(24)23-15-8-7-10-19(23)2/h4-15,17-18H,3,16H2,1-2H3,(H,28,32)(H,29,33). The van der Waals surface area contributed by atoms with Gasteiger partial charge >= 0.3 is 0 Å². The van der Waals surface area contributed by atoms with Gasteiger partial charge in [0.15, 0.2) is 0 Å². The molecule has 0 fully saturated rings. The third-order valence-corrected chi connectivity index (χ3v) is 5.30. The van der Waals surface area contributed by atoms with E-state index in [4.69, 9.17) is 5.10 Å². The zero-order valence-corrected chi connectivity index (χ0v) is 18.7. The number of benzene rings is 3. The average molecular weight is 439 g/mol. The second-order valence-corrected chi connectivity index (χ2v) is 7.78. The number of amides is 2. The van der Waals surface area contributed by atoms with Crippen molar-refractivity contribution in [2.24, 2.45) is 0 Å². The fourth-order valence-corrected chi connectivity index (χ4v) is 3.57. The van der Waals surface area contributed by atoms with Gasteiger partial charge in [0, 0.05) is 29.6 Å². The SMILES string of the molecule is CCCNC(=O)c1cccc(NC(=O)c2cn(-c3ccccc3)nc2-c2ccccc2C)c1. The quantitative estimate of drug-likeness (QED) is 0.414. The van der Waals surface area contributed by atoms with Gasteiger partial charge in [-0.25, -0.2) is 4.68 Å². The number of aryl methyl sites for hydroxylation is 1. The highest BCUT2D eigenvalue weighted by molar-refractivity contribution is 6.08. The molecule has 0 saturated carbocycles. The van der Waals surface area contributed by atoms with Crippen molar-refractivity contribution < 1.29 is 9.59 Å². The molecule has 4 aromatic rings. The number of nitrogens with zero attached hydrogens (tertiary/aromatic N) is 2. The lowest BCUT2D eigenvalue weighted by molar-refractivity contribution is 0.0952. The smallest absolute Gasteiger partial charge is 0.259 e. The van der Waals surface area contributed by atoms with Gasteiger partial charge in [0.2, 0.25) is 0 Å². The Morgan fingerprint density at radius 1 is 0.909 bits per heavy atom. The van der Waals surface area contributed by atoms with Crippen LogP contribution >= 0.6 is 0 Å². The summed E-state index contributed by atoms with van der Waals surface area (Å²) in [6.07, 6.45) is 2.60. The van der Waals surface area contributed by atoms with Gasteiger partial charge in [0.25, 0.3) is 11.8 Å². The van der Waals surface area contributed by atoms with E-state index in [1.54, 1.807) is 35.1 Å². The lowest BCUT2D eigenvalue weighted by atomic mass is 10.0. The third kappa shape index (κ3) is 5.01. The molecule has 6 heteroatoms. The number of rotatable bonds is 7. The molecule has 6 nitrogen and oxygen atoms in total. The van der Waals surface area contributed by atoms with Gasteiger partial charge in [-0.05, 0) is 49.2 Å². The van der Waals surface area contributed by atoms with Crippen LogP contribution in [0.3, 0.4) is 0 Å². The lowest BCUT2D eigenvalue weighted by Gasteiger charge is -2.09. The van der Waals surface area contributed by atoms with Gasteiger partial charge in [0.05, 0.1) is 11.3 Å². The van der Waals surface area contributed by atoms with E-state index in [1.807, 2.05) is 68.4 Å². The first-order valence-corrected chi connectivity index (χ1v) is 11.0. The van der Waals surface area contributed by atoms with E-state index in [0.717, 1.165) is 23.2 Å². The number of hydrogen-bond donors (Lipinski definition) is 2. The molecule has 0 unspecified atom stereocenters. The van der Waals surface area contributed by atoms with Crippen molar-refractivity contribution in [1.82, 2.24) is 15.1 Å². The largest absolute Gasteiger partial charge is 0.352 e. The van der Waals surface area contributed by atoms with E-state index >= 15 is 0 Å². The summed E-state index contributed by atoms with van der Waals surface area (Å²) in [5.41, 5.74) is 4.89. The fraction of sp³-hybridized carbons (Fsp3) is 0.148. The predicted octanol–water partition coefficient (Wildman–Crippen LogP) is 5.24. The van der Waals surface area contributed by atoms with Crippen LogP contribution in [-0.4, -0.2) is 28.1 Å². The second kappa shape index (κ2) is 9.96. The minimum absolute atomic E-state index is 0.162. The molecule has 2 N–H and O–H groups in total. The highest BCUT2D eigenvalue weighted by Crippen LogP contribution is 2.27. The van der Waals surface area contributed by atoms with Crippen LogP contribution in [0.5, 0.6) is 0 Å². The number of hydrogen-bond acceptors (Lipinski definition) is 3. The Morgan fingerprint density at radius 3 is 2.42 bits per heavy atom. The molecule has 3 aromatic carbocycles. The van der Waals surface area contributed by atoms with Crippen LogP contribution in [0.1, 0.15) is 39.6 Å². The Bertz CT molecular complexity index is 1280. The summed E-state index contributed by atoms with van der Waals surface area (Å²) < 4.78 is 1.71. The molecule has 0 aliphatic heterocycles. The fourth-order valence-electron chi connectivity index (χ4n) is 3.57. The molecule has 33 heavy (non-hydrogen) atoms. The number of anilines is 1. The molecule has 4 rings (SSSR count). The summed E-state index contributed by atoms with van der Waals surface area (Å²) in [7, 11) is 0. The van der Waals surface area contributed by atoms with Crippen LogP contribution in [0.2, 0.25) is 0 Å². The first-order chi connectivity index (χ1) is 16.1. The zero-order valence-electron chi connectivity index (χ0n) is 18.7. The van der Waals surface area contributed by atoms with Gasteiger partial charge in [0.1, 0.15) is 5.69 Å². The third-order valence-electron chi connectivity index (χ3n) is 5.30. The zero-order chi connectivity index (χ0) is 23.2. The van der Waals surface area contributed by atoms with Crippen molar-refractivity contribution in [2.45, 2.75) is 20.3 Å². The first-order valence-electron chi connectivity index (χ1n) is 11.0. The van der Waals surface area contributed by atoms with E-state index in [1.165, 1.54) is 0 Å². The first kappa shape index (κ1) is 22.0. The number of nitrogens with one attached hydrogen (secondary N) is 2. The topological polar surface area (TPSA) is 76.0 Å². The molecule has 0 aliphatic rings. The minimum atomic E-state index is -0.290. The average Bonchev–Trinajstić information content (AvgIpc) is 3.29. The Hall–Kier alpha value is -4.19. The summed E-state index contributed by atoms with van der Waals surface area (Å²) in [5, 5.41) is 10.5. The number of para-hydroxylation sites is 1. The Morgan fingerprint density at radius 2 is 1.67 bits per heavy atom. The normalized spacial score (nSPS) is 10.6. The number of carbonyl (C=O) groups excluding carboxylic acids is 2. The van der Waals surface area contributed by atoms with Crippen molar-refractivity contribution in [2.75, 3.05) is 11.9 Å². The van der Waals surface area contributed by atoms with Crippen LogP contribution in [0, 0.1) is 6.92 Å². The maximum Gasteiger partial charge on any atom is 0.259 e. The van der Waals surface area contributed by atoms with Crippen LogP contribution in [0.15, 0.2) is 85.1 Å². The van der Waals surface area contributed by atoms with Gasteiger partial charge in [-0.3, -0.25) is 9.59 Å². The van der Waals surface area contributed by atoms with E-state index in [2.05, 4.69) is 10.6 Å². The summed E-state index contributed by atoms with van der Waals surface area (Å²) >= 11 is 0. The molecule has 0 aliphatic carbocycles. The van der Waals surface area contributed by atoms with Crippen LogP contribution in [-0.2, 0) is 0 Å². The molecule has 0 saturated heterocycles. The van der Waals surface area contributed by atoms with Gasteiger partial charge in [-0.2, -0.15) is 5.10 Å². The van der Waals surface area contributed by atoms with Gasteiger partial charge in [-0.1, -0.05) is 55.5 Å². The second-order valence-electron chi connectivity index (χ2n) is 7.78. The maximum atomic E-state index is 13.4. The van der Waals surface area contributed by atoms with Crippen molar-refractivity contribution in [3.05, 3.63) is 102 Å². The summed E-state index contributed by atoms with van der Waals surface area (Å²) in [6.45, 7) is 4.60. The van der Waals surface area contributed by atoms with E-state index < -0.39 is 0 Å². The molecular formula is C27H26N4O2. The van der Waals surface area contributed by atoms with Crippen LogP contribution < -0.4 is 10.6 Å². The molecular weight excluding hydrogens is 412 g/mol. The number of carbonyl (C=O) groups is 2. The molecule has 1 heterocycles. The molecule has 0 spiro atoms. The van der Waals surface area contributed by atoms with Crippen molar-refractivity contribution in [1.29, 1.82) is 0 Å². The highest BCUT2D eigenvalue weighted by Gasteiger charge is 2.20. The summed E-state index contributed by atoms with van der Waals surface area (Å²) in [5.74, 6) is -0.452. The Kier molecular flexibility index (Phi) is 6.64. The van der Waals surface area contributed by atoms with E-state index in [-0.39, 0.29) is 11.8 Å². The molecule has 0 atom stereocenters. The minimum Gasteiger partial charge on any atom is -0.352 e. The Balaban J connectivity index is 1.68. The molecule has 0 radical (unpaired) electrons. The molecule has 2 amide bonds. The summed E-state index contributed by atoms with van der Waals surface area (Å²) in [4.78, 5) is 25.7. The Labute approximate surface area is 193 Å². The van der Waals surface area contributed by atoms with Crippen LogP contribution in [0.4, 0.5) is 5.69 Å². The lowest BCUT2D eigenvalue weighted by Crippen LogP contribution is -2.24. The van der Waals surface area contributed by atoms with E-state index in [9.17, 15) is 9.59 Å². The molecule has 166 valence electrons. The highest BCUT2D eigenvalue weighted by atomic mass is 16.2. The molecule has 0 bridgehead atoms. The molecule has 1 aromatic heterocycles. The predicted molar refractivity (Wildman–Crippen MR) is 131 cm³/mol. The maximum absolute atomic E-state index is 13.4. The van der Waals surface area contributed by atoms with Crippen molar-refractivity contribution >= 4 is 17.5 Å². The van der Waals surface area contributed by atoms with Crippen molar-refractivity contribution in [3.8, 4) is 16.9 Å². The van der Waals surface area contributed by atoms with Gasteiger partial charge in [-0.15, -0.1) is 0 Å². The summed E-state index contributed by atoms with van der Waals surface area (Å²) in [6, 6.07) is 24.5. The van der Waals surface area contributed by atoms with Crippen molar-refractivity contribution in [3.63, 3.8) is 0 Å². The van der Waals surface area contributed by atoms with Crippen LogP contribution in [0.25, 0.3) is 16.9 Å². The van der Waals surface area contributed by atoms with Gasteiger partial charge < -0.3 is 10.6 Å². The van der Waals surface area contributed by atoms with E-state index in [0.29, 0.717) is 29.1 Å². The monoisotopic (exact) mass is 438 g/mol.